The summed E-state index contributed by atoms with van der Waals surface area (Å²) in [6.07, 6.45) is 2.22. The Labute approximate surface area is 249 Å². The standard InChI is InChI=1S/C38H41N4/c1-26(2)30-17-13-18-31(27(3)4)37(30)42-35-20-12-11-19-34(35)41(7)38(42)36-22-14-21-33(40(36)6)32-24-23-29(25-39(32)5)28-15-9-8-10-16-28/h8-27H,1-7H3/q+3. The van der Waals surface area contributed by atoms with Gasteiger partial charge in [0.1, 0.15) is 19.8 Å². The molecule has 0 radical (unpaired) electrons. The van der Waals surface area contributed by atoms with Crippen molar-refractivity contribution in [3.05, 3.63) is 120 Å². The Hall–Kier alpha value is -4.57. The van der Waals surface area contributed by atoms with Crippen molar-refractivity contribution in [2.75, 3.05) is 0 Å². The van der Waals surface area contributed by atoms with Crippen molar-refractivity contribution in [2.24, 2.45) is 21.1 Å². The van der Waals surface area contributed by atoms with Crippen molar-refractivity contribution in [2.45, 2.75) is 39.5 Å². The lowest BCUT2D eigenvalue weighted by atomic mass is 9.92. The molecule has 0 fully saturated rings. The normalized spacial score (nSPS) is 11.6. The maximum Gasteiger partial charge on any atom is 0.360 e. The van der Waals surface area contributed by atoms with Gasteiger partial charge in [-0.05, 0) is 41.7 Å². The molecule has 3 aromatic carbocycles. The monoisotopic (exact) mass is 553 g/mol. The molecule has 6 rings (SSSR count). The summed E-state index contributed by atoms with van der Waals surface area (Å²) in [4.78, 5) is 0. The number of para-hydroxylation sites is 3. The quantitative estimate of drug-likeness (QED) is 0.192. The van der Waals surface area contributed by atoms with Gasteiger partial charge in [0.2, 0.25) is 0 Å². The fraction of sp³-hybridized carbons (Fsp3) is 0.237. The molecule has 3 aromatic heterocycles. The third kappa shape index (κ3) is 4.61. The number of fused-ring (bicyclic) bond motifs is 1. The van der Waals surface area contributed by atoms with E-state index in [1.54, 1.807) is 0 Å². The first-order chi connectivity index (χ1) is 20.3. The molecule has 0 saturated carbocycles. The van der Waals surface area contributed by atoms with Gasteiger partial charge < -0.3 is 0 Å². The van der Waals surface area contributed by atoms with Crippen LogP contribution < -0.4 is 13.7 Å². The molecule has 6 aromatic rings. The van der Waals surface area contributed by atoms with Crippen LogP contribution in [0.1, 0.15) is 50.7 Å². The summed E-state index contributed by atoms with van der Waals surface area (Å²) < 4.78 is 9.45. The molecule has 42 heavy (non-hydrogen) atoms. The minimum absolute atomic E-state index is 0.389. The van der Waals surface area contributed by atoms with Gasteiger partial charge in [0, 0.05) is 34.9 Å². The second-order valence-electron chi connectivity index (χ2n) is 11.9. The van der Waals surface area contributed by atoms with Gasteiger partial charge in [-0.3, -0.25) is 0 Å². The lowest BCUT2D eigenvalue weighted by molar-refractivity contribution is -0.692. The summed E-state index contributed by atoms with van der Waals surface area (Å²) in [6.45, 7) is 9.20. The summed E-state index contributed by atoms with van der Waals surface area (Å²) in [5, 5.41) is 0. The number of hydrogen-bond donors (Lipinski definition) is 0. The summed E-state index contributed by atoms with van der Waals surface area (Å²) in [7, 11) is 6.53. The second-order valence-corrected chi connectivity index (χ2v) is 11.9. The molecular weight excluding hydrogens is 512 g/mol. The predicted molar refractivity (Wildman–Crippen MR) is 171 cm³/mol. The minimum atomic E-state index is 0.389. The number of nitrogens with zero attached hydrogens (tertiary/aromatic N) is 4. The van der Waals surface area contributed by atoms with Crippen LogP contribution in [-0.4, -0.2) is 4.57 Å². The second kappa shape index (κ2) is 11.0. The van der Waals surface area contributed by atoms with E-state index in [0.717, 1.165) is 17.1 Å². The van der Waals surface area contributed by atoms with Crippen molar-refractivity contribution < 1.29 is 13.7 Å². The molecule has 0 saturated heterocycles. The zero-order valence-corrected chi connectivity index (χ0v) is 25.8. The molecule has 0 aliphatic carbocycles. The van der Waals surface area contributed by atoms with Crippen molar-refractivity contribution >= 4 is 11.0 Å². The van der Waals surface area contributed by atoms with Crippen LogP contribution in [0.15, 0.2) is 109 Å². The predicted octanol–water partition coefficient (Wildman–Crippen LogP) is 7.35. The van der Waals surface area contributed by atoms with E-state index >= 15 is 0 Å². The van der Waals surface area contributed by atoms with E-state index < -0.39 is 0 Å². The number of imidazole rings is 1. The number of rotatable bonds is 6. The maximum atomic E-state index is 2.51. The molecule has 0 unspecified atom stereocenters. The Bertz CT molecular complexity index is 1890. The van der Waals surface area contributed by atoms with E-state index in [1.165, 1.54) is 44.8 Å². The van der Waals surface area contributed by atoms with Crippen molar-refractivity contribution in [3.63, 3.8) is 0 Å². The molecular formula is C38H41N4+3. The molecule has 0 amide bonds. The van der Waals surface area contributed by atoms with Gasteiger partial charge >= 0.3 is 5.82 Å². The molecule has 0 aliphatic rings. The van der Waals surface area contributed by atoms with Crippen molar-refractivity contribution in [1.82, 2.24) is 4.57 Å². The molecule has 0 aliphatic heterocycles. The average molecular weight is 554 g/mol. The molecule has 0 atom stereocenters. The zero-order valence-electron chi connectivity index (χ0n) is 25.8. The fourth-order valence-corrected chi connectivity index (χ4v) is 6.34. The number of benzene rings is 3. The van der Waals surface area contributed by atoms with Crippen LogP contribution in [0.2, 0.25) is 0 Å². The van der Waals surface area contributed by atoms with Crippen LogP contribution in [0.4, 0.5) is 0 Å². The highest BCUT2D eigenvalue weighted by Gasteiger charge is 2.36. The van der Waals surface area contributed by atoms with E-state index in [4.69, 9.17) is 0 Å². The molecule has 0 N–H and O–H groups in total. The van der Waals surface area contributed by atoms with Gasteiger partial charge in [-0.1, -0.05) is 88.4 Å². The highest BCUT2D eigenvalue weighted by atomic mass is 15.2. The smallest absolute Gasteiger partial charge is 0.220 e. The summed E-state index contributed by atoms with van der Waals surface area (Å²) in [5.74, 6) is 1.94. The first-order valence-electron chi connectivity index (χ1n) is 15.0. The van der Waals surface area contributed by atoms with E-state index in [2.05, 4.69) is 176 Å². The first kappa shape index (κ1) is 27.6. The molecule has 0 spiro atoms. The third-order valence-corrected chi connectivity index (χ3v) is 8.54. The fourth-order valence-electron chi connectivity index (χ4n) is 6.34. The van der Waals surface area contributed by atoms with E-state index in [9.17, 15) is 0 Å². The number of pyridine rings is 2. The maximum absolute atomic E-state index is 2.51. The number of aromatic nitrogens is 4. The highest BCUT2D eigenvalue weighted by Crippen LogP contribution is 2.36. The van der Waals surface area contributed by atoms with Gasteiger partial charge in [-0.25, -0.2) is 4.57 Å². The van der Waals surface area contributed by atoms with Crippen LogP contribution in [-0.2, 0) is 21.1 Å². The van der Waals surface area contributed by atoms with Gasteiger partial charge in [0.25, 0.3) is 17.1 Å². The Morgan fingerprint density at radius 1 is 0.524 bits per heavy atom. The Balaban J connectivity index is 1.62. The highest BCUT2D eigenvalue weighted by molar-refractivity contribution is 5.79. The summed E-state index contributed by atoms with van der Waals surface area (Å²) in [6, 6.07) is 37.3. The Morgan fingerprint density at radius 2 is 1.14 bits per heavy atom. The molecule has 4 nitrogen and oxygen atoms in total. The van der Waals surface area contributed by atoms with Crippen LogP contribution in [0.3, 0.4) is 0 Å². The Kier molecular flexibility index (Phi) is 7.24. The topological polar surface area (TPSA) is 16.6 Å². The Morgan fingerprint density at radius 3 is 1.81 bits per heavy atom. The van der Waals surface area contributed by atoms with Gasteiger partial charge in [0.05, 0.1) is 7.05 Å². The lowest BCUT2D eigenvalue weighted by Gasteiger charge is -2.18. The first-order valence-corrected chi connectivity index (χ1v) is 15.0. The SMILES string of the molecule is CC(C)c1cccc(C(C)C)c1-n1c(-c2cccc(-c3ccc(-c4ccccc4)c[n+]3C)[n+]2C)[n+](C)c2ccccc21. The molecule has 4 heteroatoms. The van der Waals surface area contributed by atoms with E-state index in [1.807, 2.05) is 0 Å². The summed E-state index contributed by atoms with van der Waals surface area (Å²) in [5.41, 5.74) is 12.4. The minimum Gasteiger partial charge on any atom is -0.220 e. The molecule has 3 heterocycles. The van der Waals surface area contributed by atoms with Crippen LogP contribution in [0, 0.1) is 0 Å². The third-order valence-electron chi connectivity index (χ3n) is 8.54. The number of aryl methyl sites for hydroxylation is 2. The number of hydrogen-bond acceptors (Lipinski definition) is 0. The van der Waals surface area contributed by atoms with Crippen molar-refractivity contribution in [1.29, 1.82) is 0 Å². The van der Waals surface area contributed by atoms with E-state index in [0.29, 0.717) is 11.8 Å². The van der Waals surface area contributed by atoms with Gasteiger partial charge in [-0.15, -0.1) is 0 Å². The van der Waals surface area contributed by atoms with Crippen molar-refractivity contribution in [3.8, 4) is 39.7 Å². The average Bonchev–Trinajstić information content (AvgIpc) is 3.29. The van der Waals surface area contributed by atoms with Gasteiger partial charge in [0.15, 0.2) is 17.2 Å². The lowest BCUT2D eigenvalue weighted by Crippen LogP contribution is -2.43. The largest absolute Gasteiger partial charge is 0.360 e. The zero-order chi connectivity index (χ0) is 29.5. The summed E-state index contributed by atoms with van der Waals surface area (Å²) >= 11 is 0. The molecule has 210 valence electrons. The van der Waals surface area contributed by atoms with Crippen LogP contribution in [0.5, 0.6) is 0 Å². The van der Waals surface area contributed by atoms with E-state index in [-0.39, 0.29) is 0 Å². The van der Waals surface area contributed by atoms with Crippen LogP contribution >= 0.6 is 0 Å². The molecule has 0 bridgehead atoms. The van der Waals surface area contributed by atoms with Crippen LogP contribution in [0.25, 0.3) is 50.8 Å². The van der Waals surface area contributed by atoms with Gasteiger partial charge in [-0.2, -0.15) is 13.7 Å².